The SMILES string of the molecule is Cc1ccccc1C(=O)N1CCC(COc2ccccc2)CC1. The summed E-state index contributed by atoms with van der Waals surface area (Å²) < 4.78 is 5.84. The first-order valence-corrected chi connectivity index (χ1v) is 8.27. The molecule has 1 aliphatic heterocycles. The average molecular weight is 309 g/mol. The molecule has 0 saturated carbocycles. The minimum Gasteiger partial charge on any atom is -0.493 e. The zero-order valence-electron chi connectivity index (χ0n) is 13.6. The summed E-state index contributed by atoms with van der Waals surface area (Å²) in [7, 11) is 0. The highest BCUT2D eigenvalue weighted by Gasteiger charge is 2.24. The van der Waals surface area contributed by atoms with Gasteiger partial charge in [0.1, 0.15) is 5.75 Å². The van der Waals surface area contributed by atoms with E-state index in [1.807, 2.05) is 66.4 Å². The quantitative estimate of drug-likeness (QED) is 0.856. The van der Waals surface area contributed by atoms with Gasteiger partial charge in [-0.1, -0.05) is 36.4 Å². The van der Waals surface area contributed by atoms with Crippen LogP contribution in [0.1, 0.15) is 28.8 Å². The zero-order chi connectivity index (χ0) is 16.1. The molecule has 3 heteroatoms. The number of carbonyl (C=O) groups excluding carboxylic acids is 1. The number of hydrogen-bond acceptors (Lipinski definition) is 2. The van der Waals surface area contributed by atoms with E-state index in [1.165, 1.54) is 0 Å². The summed E-state index contributed by atoms with van der Waals surface area (Å²) in [4.78, 5) is 14.6. The molecule has 1 heterocycles. The van der Waals surface area contributed by atoms with E-state index < -0.39 is 0 Å². The Hall–Kier alpha value is -2.29. The first kappa shape index (κ1) is 15.6. The van der Waals surface area contributed by atoms with Crippen LogP contribution in [0.2, 0.25) is 0 Å². The molecule has 0 aromatic heterocycles. The number of aryl methyl sites for hydroxylation is 1. The Morgan fingerprint density at radius 2 is 1.70 bits per heavy atom. The van der Waals surface area contributed by atoms with Crippen LogP contribution in [0, 0.1) is 12.8 Å². The van der Waals surface area contributed by atoms with Crippen LogP contribution in [0.25, 0.3) is 0 Å². The first-order chi connectivity index (χ1) is 11.2. The van der Waals surface area contributed by atoms with Gasteiger partial charge in [-0.05, 0) is 49.4 Å². The lowest BCUT2D eigenvalue weighted by molar-refractivity contribution is 0.0660. The number of rotatable bonds is 4. The molecule has 120 valence electrons. The third-order valence-electron chi connectivity index (χ3n) is 4.51. The maximum absolute atomic E-state index is 12.6. The van der Waals surface area contributed by atoms with E-state index in [4.69, 9.17) is 4.74 Å². The molecule has 3 nitrogen and oxygen atoms in total. The largest absolute Gasteiger partial charge is 0.493 e. The summed E-state index contributed by atoms with van der Waals surface area (Å²) in [5, 5.41) is 0. The van der Waals surface area contributed by atoms with E-state index in [0.29, 0.717) is 5.92 Å². The maximum Gasteiger partial charge on any atom is 0.254 e. The molecule has 0 radical (unpaired) electrons. The van der Waals surface area contributed by atoms with Gasteiger partial charge in [0.15, 0.2) is 0 Å². The molecule has 23 heavy (non-hydrogen) atoms. The predicted molar refractivity (Wildman–Crippen MR) is 91.7 cm³/mol. The molecular weight excluding hydrogens is 286 g/mol. The molecule has 3 rings (SSSR count). The van der Waals surface area contributed by atoms with E-state index in [0.717, 1.165) is 49.4 Å². The van der Waals surface area contributed by atoms with Crippen molar-refractivity contribution in [1.29, 1.82) is 0 Å². The van der Waals surface area contributed by atoms with Crippen molar-refractivity contribution < 1.29 is 9.53 Å². The molecule has 0 N–H and O–H groups in total. The highest BCUT2D eigenvalue weighted by atomic mass is 16.5. The van der Waals surface area contributed by atoms with Crippen molar-refractivity contribution in [1.82, 2.24) is 4.90 Å². The number of hydrogen-bond donors (Lipinski definition) is 0. The van der Waals surface area contributed by atoms with E-state index in [1.54, 1.807) is 0 Å². The van der Waals surface area contributed by atoms with Crippen LogP contribution in [0.15, 0.2) is 54.6 Å². The average Bonchev–Trinajstić information content (AvgIpc) is 2.61. The van der Waals surface area contributed by atoms with E-state index >= 15 is 0 Å². The molecule has 0 spiro atoms. The Kier molecular flexibility index (Phi) is 4.96. The maximum atomic E-state index is 12.6. The number of benzene rings is 2. The van der Waals surface area contributed by atoms with Gasteiger partial charge in [-0.3, -0.25) is 4.79 Å². The number of piperidine rings is 1. The minimum atomic E-state index is 0.158. The van der Waals surface area contributed by atoms with Gasteiger partial charge >= 0.3 is 0 Å². The monoisotopic (exact) mass is 309 g/mol. The zero-order valence-corrected chi connectivity index (χ0v) is 13.6. The van der Waals surface area contributed by atoms with Gasteiger partial charge in [-0.2, -0.15) is 0 Å². The van der Waals surface area contributed by atoms with E-state index in [9.17, 15) is 4.79 Å². The Morgan fingerprint density at radius 3 is 2.39 bits per heavy atom. The lowest BCUT2D eigenvalue weighted by atomic mass is 9.96. The van der Waals surface area contributed by atoms with Gasteiger partial charge in [-0.15, -0.1) is 0 Å². The summed E-state index contributed by atoms with van der Waals surface area (Å²) in [6, 6.07) is 17.7. The third-order valence-corrected chi connectivity index (χ3v) is 4.51. The van der Waals surface area contributed by atoms with Crippen LogP contribution < -0.4 is 4.74 Å². The van der Waals surface area contributed by atoms with Gasteiger partial charge < -0.3 is 9.64 Å². The molecule has 0 aliphatic carbocycles. The Bertz CT molecular complexity index is 646. The van der Waals surface area contributed by atoms with Crippen LogP contribution in [-0.4, -0.2) is 30.5 Å². The second-order valence-corrected chi connectivity index (χ2v) is 6.17. The summed E-state index contributed by atoms with van der Waals surface area (Å²) in [5.74, 6) is 1.60. The minimum absolute atomic E-state index is 0.158. The fourth-order valence-corrected chi connectivity index (χ4v) is 3.02. The molecule has 0 unspecified atom stereocenters. The van der Waals surface area contributed by atoms with Crippen molar-refractivity contribution in [2.75, 3.05) is 19.7 Å². The van der Waals surface area contributed by atoms with Crippen LogP contribution in [-0.2, 0) is 0 Å². The van der Waals surface area contributed by atoms with Crippen LogP contribution in [0.3, 0.4) is 0 Å². The van der Waals surface area contributed by atoms with Crippen molar-refractivity contribution in [3.05, 3.63) is 65.7 Å². The molecule has 1 saturated heterocycles. The third kappa shape index (κ3) is 3.92. The molecule has 0 bridgehead atoms. The highest BCUT2D eigenvalue weighted by Crippen LogP contribution is 2.21. The predicted octanol–water partition coefficient (Wildman–Crippen LogP) is 3.93. The number of para-hydroxylation sites is 1. The van der Waals surface area contributed by atoms with Crippen LogP contribution in [0.4, 0.5) is 0 Å². The van der Waals surface area contributed by atoms with Gasteiger partial charge in [-0.25, -0.2) is 0 Å². The fourth-order valence-electron chi connectivity index (χ4n) is 3.02. The number of likely N-dealkylation sites (tertiary alicyclic amines) is 1. The molecule has 1 fully saturated rings. The molecule has 2 aromatic rings. The normalized spacial score (nSPS) is 15.4. The standard InChI is InChI=1S/C20H23NO2/c1-16-7-5-6-10-19(16)20(22)21-13-11-17(12-14-21)15-23-18-8-3-2-4-9-18/h2-10,17H,11-15H2,1H3. The summed E-state index contributed by atoms with van der Waals surface area (Å²) in [5.41, 5.74) is 1.87. The fraction of sp³-hybridized carbons (Fsp3) is 0.350. The topological polar surface area (TPSA) is 29.5 Å². The van der Waals surface area contributed by atoms with E-state index in [-0.39, 0.29) is 5.91 Å². The van der Waals surface area contributed by atoms with Gasteiger partial charge in [0, 0.05) is 18.7 Å². The lowest BCUT2D eigenvalue weighted by Crippen LogP contribution is -2.39. The Balaban J connectivity index is 1.50. The van der Waals surface area contributed by atoms with Crippen molar-refractivity contribution in [2.24, 2.45) is 5.92 Å². The van der Waals surface area contributed by atoms with Crippen molar-refractivity contribution in [3.8, 4) is 5.75 Å². The smallest absolute Gasteiger partial charge is 0.254 e. The molecule has 1 amide bonds. The number of amides is 1. The van der Waals surface area contributed by atoms with Gasteiger partial charge in [0.25, 0.3) is 5.91 Å². The number of carbonyl (C=O) groups is 1. The summed E-state index contributed by atoms with van der Waals surface area (Å²) in [6.07, 6.45) is 2.01. The van der Waals surface area contributed by atoms with E-state index in [2.05, 4.69) is 0 Å². The summed E-state index contributed by atoms with van der Waals surface area (Å²) >= 11 is 0. The summed E-state index contributed by atoms with van der Waals surface area (Å²) in [6.45, 7) is 4.36. The number of nitrogens with zero attached hydrogens (tertiary/aromatic N) is 1. The molecule has 0 atom stereocenters. The second-order valence-electron chi connectivity index (χ2n) is 6.17. The Labute approximate surface area is 137 Å². The van der Waals surface area contributed by atoms with Crippen molar-refractivity contribution >= 4 is 5.91 Å². The van der Waals surface area contributed by atoms with Gasteiger partial charge in [0.05, 0.1) is 6.61 Å². The van der Waals surface area contributed by atoms with Gasteiger partial charge in [0.2, 0.25) is 0 Å². The molecular formula is C20H23NO2. The molecule has 2 aromatic carbocycles. The van der Waals surface area contributed by atoms with Crippen LogP contribution in [0.5, 0.6) is 5.75 Å². The first-order valence-electron chi connectivity index (χ1n) is 8.27. The second kappa shape index (κ2) is 7.32. The Morgan fingerprint density at radius 1 is 1.04 bits per heavy atom. The highest BCUT2D eigenvalue weighted by molar-refractivity contribution is 5.95. The lowest BCUT2D eigenvalue weighted by Gasteiger charge is -2.32. The van der Waals surface area contributed by atoms with Crippen molar-refractivity contribution in [3.63, 3.8) is 0 Å². The van der Waals surface area contributed by atoms with Crippen LogP contribution >= 0.6 is 0 Å². The molecule has 1 aliphatic rings. The van der Waals surface area contributed by atoms with Crippen molar-refractivity contribution in [2.45, 2.75) is 19.8 Å². The number of ether oxygens (including phenoxy) is 1.